The second kappa shape index (κ2) is 4.94. The summed E-state index contributed by atoms with van der Waals surface area (Å²) in [6, 6.07) is 9.74. The maximum Gasteiger partial charge on any atom is 0.107 e. The van der Waals surface area contributed by atoms with Crippen molar-refractivity contribution in [3.63, 3.8) is 0 Å². The molecule has 0 atom stereocenters. The first-order valence-electron chi connectivity index (χ1n) is 5.99. The van der Waals surface area contributed by atoms with Crippen LogP contribution in [0.2, 0.25) is 0 Å². The fourth-order valence-corrected chi connectivity index (χ4v) is 1.76. The Morgan fingerprint density at radius 1 is 0.684 bits per heavy atom. The summed E-state index contributed by atoms with van der Waals surface area (Å²) in [5.41, 5.74) is 4.39. The minimum absolute atomic E-state index is 0.776. The molecular formula is C15H12N4. The molecule has 92 valence electrons. The Morgan fingerprint density at radius 2 is 1.58 bits per heavy atom. The first-order valence-corrected chi connectivity index (χ1v) is 5.99. The van der Waals surface area contributed by atoms with Crippen molar-refractivity contribution in [2.24, 2.45) is 0 Å². The first kappa shape index (κ1) is 11.5. The highest BCUT2D eigenvalue weighted by atomic mass is 14.8. The van der Waals surface area contributed by atoms with Crippen LogP contribution in [-0.4, -0.2) is 19.9 Å². The Bertz CT molecular complexity index is 661. The molecule has 4 heteroatoms. The van der Waals surface area contributed by atoms with Crippen LogP contribution in [0.5, 0.6) is 0 Å². The van der Waals surface area contributed by atoms with Gasteiger partial charge in [-0.15, -0.1) is 0 Å². The van der Waals surface area contributed by atoms with Crippen molar-refractivity contribution in [3.8, 4) is 22.6 Å². The molecule has 3 aromatic heterocycles. The largest absolute Gasteiger partial charge is 0.258 e. The normalized spacial score (nSPS) is 10.4. The highest BCUT2D eigenvalue weighted by Gasteiger charge is 2.03. The fourth-order valence-electron chi connectivity index (χ4n) is 1.76. The molecule has 0 radical (unpaired) electrons. The lowest BCUT2D eigenvalue weighted by atomic mass is 10.1. The van der Waals surface area contributed by atoms with Crippen molar-refractivity contribution in [2.45, 2.75) is 6.92 Å². The second-order valence-corrected chi connectivity index (χ2v) is 4.19. The molecule has 0 fully saturated rings. The Labute approximate surface area is 111 Å². The van der Waals surface area contributed by atoms with Gasteiger partial charge >= 0.3 is 0 Å². The van der Waals surface area contributed by atoms with Gasteiger partial charge in [0.15, 0.2) is 0 Å². The van der Waals surface area contributed by atoms with Crippen molar-refractivity contribution in [2.75, 3.05) is 0 Å². The van der Waals surface area contributed by atoms with Crippen LogP contribution in [0.3, 0.4) is 0 Å². The van der Waals surface area contributed by atoms with E-state index in [9.17, 15) is 0 Å². The Hall–Kier alpha value is -2.62. The van der Waals surface area contributed by atoms with Crippen LogP contribution in [0.25, 0.3) is 22.6 Å². The third-order valence-corrected chi connectivity index (χ3v) is 2.77. The monoisotopic (exact) mass is 248 g/mol. The molecule has 0 N–H and O–H groups in total. The Morgan fingerprint density at radius 3 is 2.21 bits per heavy atom. The van der Waals surface area contributed by atoms with Gasteiger partial charge in [-0.2, -0.15) is 0 Å². The SMILES string of the molecule is Cc1cnc(-c2ccc(-c3ccccn3)cn2)cn1. The third kappa shape index (κ3) is 2.47. The van der Waals surface area contributed by atoms with Crippen molar-refractivity contribution in [1.82, 2.24) is 19.9 Å². The van der Waals surface area contributed by atoms with Crippen LogP contribution in [0, 0.1) is 6.92 Å². The summed E-state index contributed by atoms with van der Waals surface area (Å²) in [7, 11) is 0. The first-order chi connectivity index (χ1) is 9.33. The van der Waals surface area contributed by atoms with Crippen molar-refractivity contribution in [3.05, 3.63) is 60.8 Å². The zero-order valence-electron chi connectivity index (χ0n) is 10.5. The molecule has 0 bridgehead atoms. The van der Waals surface area contributed by atoms with Gasteiger partial charge in [0.2, 0.25) is 0 Å². The lowest BCUT2D eigenvalue weighted by Gasteiger charge is -2.02. The summed E-state index contributed by atoms with van der Waals surface area (Å²) in [6.07, 6.45) is 7.05. The van der Waals surface area contributed by atoms with Crippen LogP contribution in [0.1, 0.15) is 5.69 Å². The van der Waals surface area contributed by atoms with Gasteiger partial charge in [0, 0.05) is 24.2 Å². The third-order valence-electron chi connectivity index (χ3n) is 2.77. The van der Waals surface area contributed by atoms with Gasteiger partial charge in [0.05, 0.1) is 23.3 Å². The average molecular weight is 248 g/mol. The average Bonchev–Trinajstić information content (AvgIpc) is 2.49. The topological polar surface area (TPSA) is 51.6 Å². The van der Waals surface area contributed by atoms with E-state index in [4.69, 9.17) is 0 Å². The molecule has 0 aliphatic rings. The predicted molar refractivity (Wildman–Crippen MR) is 73.2 cm³/mol. The molecule has 3 heterocycles. The summed E-state index contributed by atoms with van der Waals surface area (Å²) >= 11 is 0. The number of nitrogens with zero attached hydrogens (tertiary/aromatic N) is 4. The summed E-state index contributed by atoms with van der Waals surface area (Å²) in [6.45, 7) is 1.91. The zero-order valence-corrected chi connectivity index (χ0v) is 10.5. The van der Waals surface area contributed by atoms with E-state index >= 15 is 0 Å². The molecule has 0 aromatic carbocycles. The van der Waals surface area contributed by atoms with Crippen molar-refractivity contribution < 1.29 is 0 Å². The second-order valence-electron chi connectivity index (χ2n) is 4.19. The lowest BCUT2D eigenvalue weighted by Crippen LogP contribution is -1.91. The molecule has 4 nitrogen and oxygen atoms in total. The smallest absolute Gasteiger partial charge is 0.107 e. The molecule has 0 unspecified atom stereocenters. The van der Waals surface area contributed by atoms with E-state index in [-0.39, 0.29) is 0 Å². The summed E-state index contributed by atoms with van der Waals surface area (Å²) in [5.74, 6) is 0. The van der Waals surface area contributed by atoms with Gasteiger partial charge in [0.25, 0.3) is 0 Å². The van der Waals surface area contributed by atoms with Gasteiger partial charge in [-0.05, 0) is 31.2 Å². The van der Waals surface area contributed by atoms with E-state index in [2.05, 4.69) is 19.9 Å². The molecule has 0 saturated carbocycles. The zero-order chi connectivity index (χ0) is 13.1. The molecular weight excluding hydrogens is 236 g/mol. The maximum atomic E-state index is 4.41. The fraction of sp³-hybridized carbons (Fsp3) is 0.0667. The van der Waals surface area contributed by atoms with Crippen LogP contribution < -0.4 is 0 Å². The van der Waals surface area contributed by atoms with Crippen LogP contribution in [0.15, 0.2) is 55.1 Å². The van der Waals surface area contributed by atoms with Crippen molar-refractivity contribution in [1.29, 1.82) is 0 Å². The number of pyridine rings is 2. The van der Waals surface area contributed by atoms with Crippen LogP contribution in [0.4, 0.5) is 0 Å². The Balaban J connectivity index is 1.93. The lowest BCUT2D eigenvalue weighted by molar-refractivity contribution is 1.11. The minimum atomic E-state index is 0.776. The van der Waals surface area contributed by atoms with E-state index in [1.165, 1.54) is 0 Å². The molecule has 0 spiro atoms. The van der Waals surface area contributed by atoms with Crippen LogP contribution >= 0.6 is 0 Å². The van der Waals surface area contributed by atoms with Gasteiger partial charge in [-0.1, -0.05) is 6.07 Å². The Kier molecular flexibility index (Phi) is 2.98. The molecule has 19 heavy (non-hydrogen) atoms. The predicted octanol–water partition coefficient (Wildman–Crippen LogP) is 2.91. The van der Waals surface area contributed by atoms with Gasteiger partial charge in [0.1, 0.15) is 5.69 Å². The number of aromatic nitrogens is 4. The standard InChI is InChI=1S/C15H12N4/c1-11-8-18-15(10-17-11)14-6-5-12(9-19-14)13-4-2-3-7-16-13/h2-10H,1H3. The summed E-state index contributed by atoms with van der Waals surface area (Å²) in [4.78, 5) is 17.2. The molecule has 0 aliphatic carbocycles. The summed E-state index contributed by atoms with van der Waals surface area (Å²) < 4.78 is 0. The summed E-state index contributed by atoms with van der Waals surface area (Å²) in [5, 5.41) is 0. The minimum Gasteiger partial charge on any atom is -0.258 e. The molecule has 3 aromatic rings. The van der Waals surface area contributed by atoms with Gasteiger partial charge < -0.3 is 0 Å². The van der Waals surface area contributed by atoms with Crippen LogP contribution in [-0.2, 0) is 0 Å². The number of rotatable bonds is 2. The van der Waals surface area contributed by atoms with Gasteiger partial charge in [-0.25, -0.2) is 0 Å². The molecule has 0 amide bonds. The highest BCUT2D eigenvalue weighted by molar-refractivity contribution is 5.61. The highest BCUT2D eigenvalue weighted by Crippen LogP contribution is 2.19. The van der Waals surface area contributed by atoms with E-state index in [0.717, 1.165) is 28.3 Å². The van der Waals surface area contributed by atoms with Crippen molar-refractivity contribution >= 4 is 0 Å². The molecule has 0 saturated heterocycles. The van der Waals surface area contributed by atoms with E-state index in [1.54, 1.807) is 24.8 Å². The number of hydrogen-bond acceptors (Lipinski definition) is 4. The maximum absolute atomic E-state index is 4.41. The number of hydrogen-bond donors (Lipinski definition) is 0. The van der Waals surface area contributed by atoms with E-state index in [1.807, 2.05) is 37.3 Å². The molecule has 3 rings (SSSR count). The van der Waals surface area contributed by atoms with E-state index < -0.39 is 0 Å². The van der Waals surface area contributed by atoms with E-state index in [0.29, 0.717) is 0 Å². The quantitative estimate of drug-likeness (QED) is 0.699. The van der Waals surface area contributed by atoms with Gasteiger partial charge in [-0.3, -0.25) is 19.9 Å². The molecule has 0 aliphatic heterocycles. The number of aryl methyl sites for hydroxylation is 1.